The number of carbonyl (C=O) groups excluding carboxylic acids is 1. The van der Waals surface area contributed by atoms with Crippen molar-refractivity contribution in [3.05, 3.63) is 70.8 Å². The second kappa shape index (κ2) is 11.3. The maximum absolute atomic E-state index is 11.6. The smallest absolute Gasteiger partial charge is 0.543 e. The predicted molar refractivity (Wildman–Crippen MR) is 114 cm³/mol. The molecule has 0 spiro atoms. The summed E-state index contributed by atoms with van der Waals surface area (Å²) in [6, 6.07) is 15.7. The third-order valence-electron chi connectivity index (χ3n) is 5.07. The van der Waals surface area contributed by atoms with Crippen LogP contribution in [0.15, 0.2) is 48.5 Å². The molecular weight excluding hydrogens is 455 g/mol. The largest absolute Gasteiger partial charge is 1.00 e. The van der Waals surface area contributed by atoms with Gasteiger partial charge in [0.2, 0.25) is 5.82 Å². The quantitative estimate of drug-likeness (QED) is 0.363. The van der Waals surface area contributed by atoms with Gasteiger partial charge in [0.05, 0.1) is 5.97 Å². The fraction of sp³-hybridized carbons (Fsp3) is 0.227. The predicted octanol–water partition coefficient (Wildman–Crippen LogP) is 0.142. The van der Waals surface area contributed by atoms with E-state index in [-0.39, 0.29) is 62.2 Å². The minimum Gasteiger partial charge on any atom is -0.543 e. The number of carboxylic acids is 1. The van der Waals surface area contributed by atoms with Gasteiger partial charge in [-0.3, -0.25) is 0 Å². The summed E-state index contributed by atoms with van der Waals surface area (Å²) in [4.78, 5) is 15.9. The first-order chi connectivity index (χ1) is 15.1. The molecule has 2 aromatic carbocycles. The van der Waals surface area contributed by atoms with Gasteiger partial charge in [0.15, 0.2) is 5.15 Å². The van der Waals surface area contributed by atoms with Crippen molar-refractivity contribution in [1.29, 1.82) is 0 Å². The first-order valence-electron chi connectivity index (χ1n) is 9.97. The second-order valence-corrected chi connectivity index (χ2v) is 7.48. The van der Waals surface area contributed by atoms with Gasteiger partial charge in [-0.1, -0.05) is 73.5 Å². The Morgan fingerprint density at radius 2 is 1.84 bits per heavy atom. The summed E-state index contributed by atoms with van der Waals surface area (Å²) in [5, 5.41) is 25.9. The van der Waals surface area contributed by atoms with Crippen molar-refractivity contribution in [2.45, 2.75) is 32.7 Å². The van der Waals surface area contributed by atoms with E-state index in [0.29, 0.717) is 24.6 Å². The van der Waals surface area contributed by atoms with E-state index in [1.807, 2.05) is 48.5 Å². The van der Waals surface area contributed by atoms with Gasteiger partial charge in [0, 0.05) is 18.5 Å². The van der Waals surface area contributed by atoms with E-state index in [0.717, 1.165) is 35.1 Å². The zero-order valence-electron chi connectivity index (χ0n) is 17.9. The topological polar surface area (TPSA) is 112 Å². The maximum Gasteiger partial charge on any atom is 1.00 e. The van der Waals surface area contributed by atoms with Gasteiger partial charge in [-0.25, -0.2) is 4.98 Å². The summed E-state index contributed by atoms with van der Waals surface area (Å²) in [7, 11) is 0. The maximum atomic E-state index is 11.6. The number of hydrogen-bond acceptors (Lipinski definition) is 6. The minimum absolute atomic E-state index is 0. The summed E-state index contributed by atoms with van der Waals surface area (Å²) in [6.45, 7) is 2.41. The number of imidazole rings is 1. The number of benzene rings is 2. The van der Waals surface area contributed by atoms with Crippen molar-refractivity contribution in [2.24, 2.45) is 0 Å². The number of halogens is 1. The Labute approximate surface area is 232 Å². The molecule has 0 atom stereocenters. The Bertz CT molecular complexity index is 1190. The zero-order chi connectivity index (χ0) is 21.8. The summed E-state index contributed by atoms with van der Waals surface area (Å²) in [6.07, 6.45) is 2.52. The number of carboxylic acid groups (broad SMARTS) is 1. The van der Waals surface area contributed by atoms with Crippen LogP contribution in [0.25, 0.3) is 22.5 Å². The summed E-state index contributed by atoms with van der Waals surface area (Å²) >= 11 is 6.09. The molecule has 0 amide bonds. The zero-order valence-corrected chi connectivity index (χ0v) is 21.8. The molecule has 32 heavy (non-hydrogen) atoms. The molecule has 4 aromatic rings. The third-order valence-corrected chi connectivity index (χ3v) is 5.33. The molecule has 0 bridgehead atoms. The SMILES string of the molecule is CCCCc1nc(Cl)c(C(=O)[O-])n1Cc1ccc(-c2ccccc2-c2nn[nH]n2)cc1.[K+]. The van der Waals surface area contributed by atoms with Gasteiger partial charge in [0.25, 0.3) is 0 Å². The summed E-state index contributed by atoms with van der Waals surface area (Å²) in [5.74, 6) is -0.157. The Balaban J connectivity index is 0.00000289. The Hall–Kier alpha value is -1.88. The number of carbonyl (C=O) groups is 1. The van der Waals surface area contributed by atoms with E-state index in [9.17, 15) is 9.90 Å². The summed E-state index contributed by atoms with van der Waals surface area (Å²) in [5.41, 5.74) is 3.67. The van der Waals surface area contributed by atoms with E-state index in [2.05, 4.69) is 32.5 Å². The minimum atomic E-state index is -1.33. The van der Waals surface area contributed by atoms with Gasteiger partial charge >= 0.3 is 51.4 Å². The molecule has 8 nitrogen and oxygen atoms in total. The number of aromatic nitrogens is 6. The normalized spacial score (nSPS) is 10.7. The molecule has 2 heterocycles. The molecule has 1 N–H and O–H groups in total. The molecule has 0 unspecified atom stereocenters. The second-order valence-electron chi connectivity index (χ2n) is 7.12. The summed E-state index contributed by atoms with van der Waals surface area (Å²) < 4.78 is 1.63. The Morgan fingerprint density at radius 1 is 1.12 bits per heavy atom. The van der Waals surface area contributed by atoms with Gasteiger partial charge in [-0.05, 0) is 28.3 Å². The number of aromatic carboxylic acids is 1. The molecule has 158 valence electrons. The van der Waals surface area contributed by atoms with Crippen LogP contribution in [0.2, 0.25) is 5.15 Å². The fourth-order valence-electron chi connectivity index (χ4n) is 3.54. The van der Waals surface area contributed by atoms with Gasteiger partial charge < -0.3 is 14.5 Å². The number of hydrogen-bond donors (Lipinski definition) is 1. The Morgan fingerprint density at radius 3 is 2.47 bits per heavy atom. The number of rotatable bonds is 8. The van der Waals surface area contributed by atoms with E-state index >= 15 is 0 Å². The average Bonchev–Trinajstić information content (AvgIpc) is 3.41. The van der Waals surface area contributed by atoms with E-state index < -0.39 is 5.97 Å². The van der Waals surface area contributed by atoms with Crippen LogP contribution in [0.3, 0.4) is 0 Å². The van der Waals surface area contributed by atoms with Crippen LogP contribution < -0.4 is 56.5 Å². The molecule has 0 aliphatic rings. The van der Waals surface area contributed by atoms with Gasteiger partial charge in [0.1, 0.15) is 11.5 Å². The van der Waals surface area contributed by atoms with Crippen LogP contribution in [0.4, 0.5) is 0 Å². The van der Waals surface area contributed by atoms with E-state index in [1.165, 1.54) is 0 Å². The number of nitrogens with zero attached hydrogens (tertiary/aromatic N) is 5. The average molecular weight is 475 g/mol. The standard InChI is InChI=1S/C22H21ClN6O2.K/c1-2-3-8-18-24-20(23)19(22(30)31)29(18)13-14-9-11-15(12-10-14)16-6-4-5-7-17(16)21-25-27-28-26-21;/h4-7,9-12H,2-3,8,13H2,1H3,(H,30,31)(H,25,26,27,28);/q;+1/p-1. The molecule has 0 saturated heterocycles. The molecular formula is C22H20ClKN6O2. The molecule has 0 radical (unpaired) electrons. The molecule has 0 aliphatic heterocycles. The van der Waals surface area contributed by atoms with Crippen LogP contribution in [-0.2, 0) is 13.0 Å². The van der Waals surface area contributed by atoms with Crippen molar-refractivity contribution >= 4 is 17.6 Å². The van der Waals surface area contributed by atoms with Crippen LogP contribution in [0.1, 0.15) is 41.6 Å². The van der Waals surface area contributed by atoms with Crippen molar-refractivity contribution < 1.29 is 61.3 Å². The van der Waals surface area contributed by atoms with Crippen LogP contribution in [0, 0.1) is 0 Å². The van der Waals surface area contributed by atoms with Crippen molar-refractivity contribution in [3.63, 3.8) is 0 Å². The molecule has 4 rings (SSSR count). The Kier molecular flexibility index (Phi) is 8.75. The van der Waals surface area contributed by atoms with E-state index in [4.69, 9.17) is 11.6 Å². The molecule has 0 aliphatic carbocycles. The van der Waals surface area contributed by atoms with Crippen molar-refractivity contribution in [1.82, 2.24) is 30.2 Å². The fourth-order valence-corrected chi connectivity index (χ4v) is 3.81. The number of aryl methyl sites for hydroxylation is 1. The molecule has 10 heteroatoms. The van der Waals surface area contributed by atoms with Crippen molar-refractivity contribution in [2.75, 3.05) is 0 Å². The number of unbranched alkanes of at least 4 members (excludes halogenated alkanes) is 1. The van der Waals surface area contributed by atoms with Crippen LogP contribution in [-0.4, -0.2) is 36.1 Å². The first kappa shape index (κ1) is 24.8. The molecule has 0 saturated carbocycles. The van der Waals surface area contributed by atoms with Crippen LogP contribution >= 0.6 is 11.6 Å². The number of nitrogens with one attached hydrogen (secondary N) is 1. The van der Waals surface area contributed by atoms with Crippen LogP contribution in [0.5, 0.6) is 0 Å². The molecule has 0 fully saturated rings. The number of aromatic amines is 1. The number of tetrazole rings is 1. The molecule has 2 aromatic heterocycles. The van der Waals surface area contributed by atoms with Crippen molar-refractivity contribution in [3.8, 4) is 22.5 Å². The monoisotopic (exact) mass is 474 g/mol. The van der Waals surface area contributed by atoms with Gasteiger partial charge in [-0.2, -0.15) is 5.21 Å². The third kappa shape index (κ3) is 5.36. The first-order valence-corrected chi connectivity index (χ1v) is 10.3. The number of H-pyrrole nitrogens is 1. The van der Waals surface area contributed by atoms with Gasteiger partial charge in [-0.15, -0.1) is 10.2 Å². The van der Waals surface area contributed by atoms with E-state index in [1.54, 1.807) is 4.57 Å².